The molecule has 1 saturated heterocycles. The van der Waals surface area contributed by atoms with E-state index in [9.17, 15) is 4.79 Å². The Morgan fingerprint density at radius 2 is 1.88 bits per heavy atom. The van der Waals surface area contributed by atoms with Gasteiger partial charge in [0, 0.05) is 44.8 Å². The first-order valence-electron chi connectivity index (χ1n) is 8.73. The van der Waals surface area contributed by atoms with E-state index < -0.39 is 0 Å². The van der Waals surface area contributed by atoms with Gasteiger partial charge >= 0.3 is 6.03 Å². The number of urea groups is 1. The highest BCUT2D eigenvalue weighted by atomic mass is 16.5. The number of likely N-dealkylation sites (N-methyl/N-ethyl adjacent to an activating group) is 1. The molecule has 2 rings (SSSR count). The summed E-state index contributed by atoms with van der Waals surface area (Å²) < 4.78 is 5.28. The number of nitrogens with one attached hydrogen (secondary N) is 2. The molecule has 2 amide bonds. The van der Waals surface area contributed by atoms with Gasteiger partial charge in [0.05, 0.1) is 7.11 Å². The Balaban J connectivity index is 1.53. The number of amides is 2. The average Bonchev–Trinajstić information content (AvgIpc) is 2.61. The minimum Gasteiger partial charge on any atom is -0.496 e. The summed E-state index contributed by atoms with van der Waals surface area (Å²) in [7, 11) is 3.81. The quantitative estimate of drug-likeness (QED) is 0.708. The smallest absolute Gasteiger partial charge is 0.315 e. The maximum Gasteiger partial charge on any atom is 0.315 e. The fraction of sp³-hybridized carbons (Fsp3) is 0.611. The van der Waals surface area contributed by atoms with E-state index in [0.29, 0.717) is 13.1 Å². The Hall–Kier alpha value is -1.79. The molecule has 6 heteroatoms. The number of para-hydroxylation sites is 1. The lowest BCUT2D eigenvalue weighted by Crippen LogP contribution is -2.44. The predicted molar refractivity (Wildman–Crippen MR) is 96.4 cm³/mol. The van der Waals surface area contributed by atoms with Gasteiger partial charge in [-0.2, -0.15) is 0 Å². The van der Waals surface area contributed by atoms with Gasteiger partial charge in [-0.05, 0) is 32.5 Å². The van der Waals surface area contributed by atoms with Crippen LogP contribution in [0.1, 0.15) is 18.4 Å². The second-order valence-corrected chi connectivity index (χ2v) is 6.27. The van der Waals surface area contributed by atoms with E-state index in [1.807, 2.05) is 24.3 Å². The number of ether oxygens (including phenoxy) is 1. The molecular weight excluding hydrogens is 304 g/mol. The van der Waals surface area contributed by atoms with Gasteiger partial charge in [-0.3, -0.25) is 0 Å². The first-order chi connectivity index (χ1) is 11.7. The van der Waals surface area contributed by atoms with Crippen molar-refractivity contribution in [1.82, 2.24) is 20.4 Å². The number of carbonyl (C=O) groups is 1. The van der Waals surface area contributed by atoms with Crippen LogP contribution < -0.4 is 15.4 Å². The van der Waals surface area contributed by atoms with Crippen LogP contribution in [0.2, 0.25) is 0 Å². The number of nitrogens with zero attached hydrogens (tertiary/aromatic N) is 2. The molecule has 1 fully saturated rings. The molecule has 0 atom stereocenters. The Kier molecular flexibility index (Phi) is 7.85. The first-order valence-corrected chi connectivity index (χ1v) is 8.73. The van der Waals surface area contributed by atoms with Crippen molar-refractivity contribution < 1.29 is 9.53 Å². The normalized spacial score (nSPS) is 15.9. The van der Waals surface area contributed by atoms with Gasteiger partial charge in [0.1, 0.15) is 5.75 Å². The van der Waals surface area contributed by atoms with E-state index in [0.717, 1.165) is 56.9 Å². The number of hydrogen-bond acceptors (Lipinski definition) is 4. The number of piperazine rings is 1. The summed E-state index contributed by atoms with van der Waals surface area (Å²) in [6.07, 6.45) is 2.13. The summed E-state index contributed by atoms with van der Waals surface area (Å²) in [5.41, 5.74) is 0.977. The lowest BCUT2D eigenvalue weighted by atomic mass is 10.2. The number of carbonyl (C=O) groups excluding carboxylic acids is 1. The molecule has 24 heavy (non-hydrogen) atoms. The molecule has 2 N–H and O–H groups in total. The highest BCUT2D eigenvalue weighted by Gasteiger charge is 2.12. The molecule has 1 aliphatic heterocycles. The largest absolute Gasteiger partial charge is 0.496 e. The number of hydrogen-bond donors (Lipinski definition) is 2. The number of unbranched alkanes of at least 4 members (excludes halogenated alkanes) is 1. The monoisotopic (exact) mass is 334 g/mol. The Bertz CT molecular complexity index is 502. The minimum absolute atomic E-state index is 0.125. The molecule has 0 spiro atoms. The third-order valence-corrected chi connectivity index (χ3v) is 4.41. The minimum atomic E-state index is -0.125. The van der Waals surface area contributed by atoms with Crippen LogP contribution in [0.25, 0.3) is 0 Å². The summed E-state index contributed by atoms with van der Waals surface area (Å²) in [5.74, 6) is 0.796. The van der Waals surface area contributed by atoms with Crippen molar-refractivity contribution in [3.05, 3.63) is 29.8 Å². The summed E-state index contributed by atoms with van der Waals surface area (Å²) in [4.78, 5) is 16.7. The Morgan fingerprint density at radius 3 is 2.62 bits per heavy atom. The third-order valence-electron chi connectivity index (χ3n) is 4.41. The molecule has 0 saturated carbocycles. The van der Waals surface area contributed by atoms with Crippen molar-refractivity contribution >= 4 is 6.03 Å². The van der Waals surface area contributed by atoms with E-state index in [1.165, 1.54) is 0 Å². The maximum absolute atomic E-state index is 11.8. The van der Waals surface area contributed by atoms with E-state index in [4.69, 9.17) is 4.74 Å². The van der Waals surface area contributed by atoms with Crippen LogP contribution in [0, 0.1) is 0 Å². The molecule has 0 unspecified atom stereocenters. The van der Waals surface area contributed by atoms with Crippen LogP contribution in [0.15, 0.2) is 24.3 Å². The van der Waals surface area contributed by atoms with Crippen molar-refractivity contribution in [2.45, 2.75) is 19.4 Å². The Morgan fingerprint density at radius 1 is 1.12 bits per heavy atom. The van der Waals surface area contributed by atoms with Crippen molar-refractivity contribution in [2.24, 2.45) is 0 Å². The first kappa shape index (κ1) is 18.5. The van der Waals surface area contributed by atoms with Crippen molar-refractivity contribution in [2.75, 3.05) is 53.4 Å². The van der Waals surface area contributed by atoms with Gasteiger partial charge in [0.15, 0.2) is 0 Å². The van der Waals surface area contributed by atoms with Crippen molar-refractivity contribution in [3.63, 3.8) is 0 Å². The summed E-state index contributed by atoms with van der Waals surface area (Å²) in [6, 6.07) is 7.58. The molecule has 134 valence electrons. The third kappa shape index (κ3) is 6.37. The fourth-order valence-corrected chi connectivity index (χ4v) is 2.82. The summed E-state index contributed by atoms with van der Waals surface area (Å²) >= 11 is 0. The molecule has 0 aromatic heterocycles. The molecule has 1 aromatic rings. The fourth-order valence-electron chi connectivity index (χ4n) is 2.82. The van der Waals surface area contributed by atoms with Gasteiger partial charge in [-0.25, -0.2) is 4.79 Å². The molecule has 0 aliphatic carbocycles. The SMILES string of the molecule is COc1ccccc1CNC(=O)NCCCCN1CCN(C)CC1. The van der Waals surface area contributed by atoms with E-state index in [-0.39, 0.29) is 6.03 Å². The van der Waals surface area contributed by atoms with Gasteiger partial charge in [0.25, 0.3) is 0 Å². The van der Waals surface area contributed by atoms with E-state index in [2.05, 4.69) is 27.5 Å². The highest BCUT2D eigenvalue weighted by Crippen LogP contribution is 2.16. The number of methoxy groups -OCH3 is 1. The van der Waals surface area contributed by atoms with Gasteiger partial charge in [0.2, 0.25) is 0 Å². The van der Waals surface area contributed by atoms with E-state index >= 15 is 0 Å². The van der Waals surface area contributed by atoms with E-state index in [1.54, 1.807) is 7.11 Å². The lowest BCUT2D eigenvalue weighted by molar-refractivity contribution is 0.152. The van der Waals surface area contributed by atoms with Crippen molar-refractivity contribution in [3.8, 4) is 5.75 Å². The summed E-state index contributed by atoms with van der Waals surface area (Å²) in [5, 5.41) is 5.79. The molecule has 0 bridgehead atoms. The van der Waals surface area contributed by atoms with Crippen LogP contribution in [-0.2, 0) is 6.54 Å². The van der Waals surface area contributed by atoms with Crippen LogP contribution in [0.4, 0.5) is 4.79 Å². The molecule has 1 aliphatic rings. The second-order valence-electron chi connectivity index (χ2n) is 6.27. The van der Waals surface area contributed by atoms with Gasteiger partial charge < -0.3 is 25.2 Å². The zero-order valence-electron chi connectivity index (χ0n) is 14.9. The van der Waals surface area contributed by atoms with Gasteiger partial charge in [-0.15, -0.1) is 0 Å². The van der Waals surface area contributed by atoms with Gasteiger partial charge in [-0.1, -0.05) is 18.2 Å². The standard InChI is InChI=1S/C18H30N4O2/c1-21-11-13-22(14-12-21)10-6-5-9-19-18(23)20-15-16-7-3-4-8-17(16)24-2/h3-4,7-8H,5-6,9-15H2,1-2H3,(H2,19,20,23). The highest BCUT2D eigenvalue weighted by molar-refractivity contribution is 5.73. The number of rotatable bonds is 8. The predicted octanol–water partition coefficient (Wildman–Crippen LogP) is 1.52. The maximum atomic E-state index is 11.8. The Labute approximate surface area is 145 Å². The second kappa shape index (κ2) is 10.2. The van der Waals surface area contributed by atoms with Crippen LogP contribution in [0.5, 0.6) is 5.75 Å². The molecular formula is C18H30N4O2. The lowest BCUT2D eigenvalue weighted by Gasteiger charge is -2.32. The van der Waals surface area contributed by atoms with Crippen LogP contribution >= 0.6 is 0 Å². The van der Waals surface area contributed by atoms with Crippen molar-refractivity contribution in [1.29, 1.82) is 0 Å². The molecule has 1 heterocycles. The summed E-state index contributed by atoms with van der Waals surface area (Å²) in [6.45, 7) is 6.93. The molecule has 0 radical (unpaired) electrons. The topological polar surface area (TPSA) is 56.8 Å². The van der Waals surface area contributed by atoms with Crippen LogP contribution in [-0.4, -0.2) is 69.3 Å². The average molecular weight is 334 g/mol. The molecule has 6 nitrogen and oxygen atoms in total. The zero-order valence-corrected chi connectivity index (χ0v) is 14.9. The number of benzene rings is 1. The molecule has 1 aromatic carbocycles. The van der Waals surface area contributed by atoms with Crippen LogP contribution in [0.3, 0.4) is 0 Å². The zero-order chi connectivity index (χ0) is 17.2.